The van der Waals surface area contributed by atoms with Crippen LogP contribution in [0.15, 0.2) is 24.5 Å². The largest absolute Gasteiger partial charge is 0.491 e. The van der Waals surface area contributed by atoms with Crippen LogP contribution in [0.25, 0.3) is 0 Å². The lowest BCUT2D eigenvalue weighted by Gasteiger charge is -2.27. The maximum Gasteiger partial charge on any atom is 0.244 e. The number of benzene rings is 1. The van der Waals surface area contributed by atoms with Gasteiger partial charge >= 0.3 is 0 Å². The standard InChI is InChI=1S/C16H17F2N5O3/c1-23-6-13(25)22-14-15(20-8-21-16(14)23)19-5-9(24)7-26-10-2-3-11(17)12(18)4-10/h2-4,8-9,24H,5-7H2,1H3,(H,22,25)(H,19,20,21). The number of aliphatic hydroxyl groups is 1. The lowest BCUT2D eigenvalue weighted by Crippen LogP contribution is -2.37. The van der Waals surface area contributed by atoms with Gasteiger partial charge < -0.3 is 25.4 Å². The highest BCUT2D eigenvalue weighted by Gasteiger charge is 2.24. The normalized spacial score (nSPS) is 14.5. The van der Waals surface area contributed by atoms with E-state index in [0.29, 0.717) is 17.3 Å². The average molecular weight is 365 g/mol. The van der Waals surface area contributed by atoms with Gasteiger partial charge in [-0.05, 0) is 12.1 Å². The quantitative estimate of drug-likeness (QED) is 0.702. The van der Waals surface area contributed by atoms with Gasteiger partial charge in [0.1, 0.15) is 30.5 Å². The minimum Gasteiger partial charge on any atom is -0.491 e. The number of aromatic nitrogens is 2. The SMILES string of the molecule is CN1CC(=O)Nc2c(NCC(O)COc3ccc(F)c(F)c3)ncnc21. The first kappa shape index (κ1) is 17.8. The Kier molecular flexibility index (Phi) is 5.12. The van der Waals surface area contributed by atoms with E-state index in [1.807, 2.05) is 0 Å². The topological polar surface area (TPSA) is 99.6 Å². The smallest absolute Gasteiger partial charge is 0.244 e. The van der Waals surface area contributed by atoms with E-state index in [0.717, 1.165) is 12.1 Å². The molecule has 138 valence electrons. The Morgan fingerprint density at radius 2 is 2.19 bits per heavy atom. The second kappa shape index (κ2) is 7.48. The summed E-state index contributed by atoms with van der Waals surface area (Å²) in [5, 5.41) is 15.6. The van der Waals surface area contributed by atoms with Crippen molar-refractivity contribution in [3.63, 3.8) is 0 Å². The van der Waals surface area contributed by atoms with Crippen molar-refractivity contribution in [1.82, 2.24) is 9.97 Å². The molecule has 1 aliphatic rings. The molecule has 3 rings (SSSR count). The van der Waals surface area contributed by atoms with Crippen molar-refractivity contribution in [3.05, 3.63) is 36.2 Å². The monoisotopic (exact) mass is 365 g/mol. The summed E-state index contributed by atoms with van der Waals surface area (Å²) in [6, 6.07) is 3.12. The summed E-state index contributed by atoms with van der Waals surface area (Å²) in [6.45, 7) is 0.110. The third-order valence-corrected chi connectivity index (χ3v) is 3.67. The van der Waals surface area contributed by atoms with Crippen LogP contribution in [0, 0.1) is 11.6 Å². The Hall–Kier alpha value is -3.01. The fraction of sp³-hybridized carbons (Fsp3) is 0.312. The first-order chi connectivity index (χ1) is 12.4. The molecule has 0 spiro atoms. The van der Waals surface area contributed by atoms with Gasteiger partial charge in [0.15, 0.2) is 23.3 Å². The second-order valence-corrected chi connectivity index (χ2v) is 5.75. The third-order valence-electron chi connectivity index (χ3n) is 3.67. The van der Waals surface area contributed by atoms with Crippen LogP contribution in [0.3, 0.4) is 0 Å². The first-order valence-electron chi connectivity index (χ1n) is 7.80. The molecule has 1 atom stereocenters. The number of halogens is 2. The van der Waals surface area contributed by atoms with Crippen molar-refractivity contribution in [2.45, 2.75) is 6.10 Å². The number of carbonyl (C=O) groups excluding carboxylic acids is 1. The molecule has 1 aliphatic heterocycles. The van der Waals surface area contributed by atoms with Crippen LogP contribution in [0.1, 0.15) is 0 Å². The molecule has 26 heavy (non-hydrogen) atoms. The number of aliphatic hydroxyl groups excluding tert-OH is 1. The Morgan fingerprint density at radius 3 is 2.96 bits per heavy atom. The van der Waals surface area contributed by atoms with Crippen LogP contribution in [0.2, 0.25) is 0 Å². The van der Waals surface area contributed by atoms with Crippen molar-refractivity contribution in [1.29, 1.82) is 0 Å². The Labute approximate surface area is 147 Å². The summed E-state index contributed by atoms with van der Waals surface area (Å²) >= 11 is 0. The zero-order chi connectivity index (χ0) is 18.7. The molecular formula is C16H17F2N5O3. The number of rotatable bonds is 6. The summed E-state index contributed by atoms with van der Waals surface area (Å²) in [6.07, 6.45) is 0.394. The molecule has 0 bridgehead atoms. The van der Waals surface area contributed by atoms with E-state index < -0.39 is 17.7 Å². The van der Waals surface area contributed by atoms with Crippen molar-refractivity contribution < 1.29 is 23.4 Å². The van der Waals surface area contributed by atoms with Gasteiger partial charge in [-0.15, -0.1) is 0 Å². The Morgan fingerprint density at radius 1 is 1.38 bits per heavy atom. The number of nitrogens with one attached hydrogen (secondary N) is 2. The number of carbonyl (C=O) groups is 1. The molecule has 2 heterocycles. The summed E-state index contributed by atoms with van der Waals surface area (Å²) in [7, 11) is 1.73. The summed E-state index contributed by atoms with van der Waals surface area (Å²) in [5.74, 6) is -1.16. The fourth-order valence-corrected chi connectivity index (χ4v) is 2.42. The van der Waals surface area contributed by atoms with Gasteiger partial charge in [-0.25, -0.2) is 18.7 Å². The van der Waals surface area contributed by atoms with Gasteiger partial charge in [0, 0.05) is 19.7 Å². The third kappa shape index (κ3) is 3.97. The van der Waals surface area contributed by atoms with E-state index in [4.69, 9.17) is 4.74 Å². The number of anilines is 3. The molecule has 0 aliphatic carbocycles. The van der Waals surface area contributed by atoms with E-state index >= 15 is 0 Å². The maximum absolute atomic E-state index is 13.1. The Balaban J connectivity index is 1.58. The highest BCUT2D eigenvalue weighted by molar-refractivity contribution is 6.03. The molecule has 0 saturated heterocycles. The van der Waals surface area contributed by atoms with Gasteiger partial charge in [-0.3, -0.25) is 4.79 Å². The molecule has 3 N–H and O–H groups in total. The minimum atomic E-state index is -1.03. The van der Waals surface area contributed by atoms with Crippen molar-refractivity contribution in [2.75, 3.05) is 42.3 Å². The second-order valence-electron chi connectivity index (χ2n) is 5.75. The van der Waals surface area contributed by atoms with E-state index in [-0.39, 0.29) is 31.4 Å². The van der Waals surface area contributed by atoms with Gasteiger partial charge in [0.2, 0.25) is 5.91 Å². The molecule has 0 saturated carbocycles. The molecule has 1 amide bonds. The van der Waals surface area contributed by atoms with Gasteiger partial charge in [0.05, 0.1) is 6.54 Å². The zero-order valence-electron chi connectivity index (χ0n) is 13.9. The molecule has 1 aromatic heterocycles. The average Bonchev–Trinajstić information content (AvgIpc) is 2.61. The Bertz CT molecular complexity index is 820. The molecule has 0 fully saturated rings. The van der Waals surface area contributed by atoms with Crippen LogP contribution in [-0.2, 0) is 4.79 Å². The number of fused-ring (bicyclic) bond motifs is 1. The van der Waals surface area contributed by atoms with Crippen molar-refractivity contribution >= 4 is 23.2 Å². The van der Waals surface area contributed by atoms with Crippen LogP contribution in [0.5, 0.6) is 5.75 Å². The van der Waals surface area contributed by atoms with Crippen LogP contribution in [-0.4, -0.2) is 53.8 Å². The highest BCUT2D eigenvalue weighted by Crippen LogP contribution is 2.31. The molecule has 2 aromatic rings. The summed E-state index contributed by atoms with van der Waals surface area (Å²) in [4.78, 5) is 21.5. The van der Waals surface area contributed by atoms with Crippen LogP contribution in [0.4, 0.5) is 26.1 Å². The van der Waals surface area contributed by atoms with E-state index in [1.54, 1.807) is 11.9 Å². The predicted molar refractivity (Wildman–Crippen MR) is 90.3 cm³/mol. The predicted octanol–water partition coefficient (Wildman–Crippen LogP) is 0.995. The van der Waals surface area contributed by atoms with Crippen molar-refractivity contribution in [2.24, 2.45) is 0 Å². The van der Waals surface area contributed by atoms with Gasteiger partial charge in [-0.2, -0.15) is 0 Å². The lowest BCUT2D eigenvalue weighted by molar-refractivity contribution is -0.115. The van der Waals surface area contributed by atoms with Crippen LogP contribution < -0.4 is 20.3 Å². The summed E-state index contributed by atoms with van der Waals surface area (Å²) < 4.78 is 31.2. The number of nitrogens with zero attached hydrogens (tertiary/aromatic N) is 3. The number of hydrogen-bond donors (Lipinski definition) is 3. The van der Waals surface area contributed by atoms with E-state index in [2.05, 4.69) is 20.6 Å². The zero-order valence-corrected chi connectivity index (χ0v) is 13.9. The summed E-state index contributed by atoms with van der Waals surface area (Å²) in [5.41, 5.74) is 0.431. The van der Waals surface area contributed by atoms with Crippen molar-refractivity contribution in [3.8, 4) is 5.75 Å². The number of amides is 1. The van der Waals surface area contributed by atoms with E-state index in [9.17, 15) is 18.7 Å². The lowest BCUT2D eigenvalue weighted by atomic mass is 10.3. The molecule has 1 unspecified atom stereocenters. The fourth-order valence-electron chi connectivity index (χ4n) is 2.42. The maximum atomic E-state index is 13.1. The number of ether oxygens (including phenoxy) is 1. The van der Waals surface area contributed by atoms with Crippen LogP contribution >= 0.6 is 0 Å². The number of likely N-dealkylation sites (N-methyl/N-ethyl adjacent to an activating group) is 1. The number of hydrogen-bond acceptors (Lipinski definition) is 7. The van der Waals surface area contributed by atoms with Gasteiger partial charge in [0.25, 0.3) is 0 Å². The highest BCUT2D eigenvalue weighted by atomic mass is 19.2. The molecule has 10 heteroatoms. The van der Waals surface area contributed by atoms with E-state index in [1.165, 1.54) is 12.4 Å². The van der Waals surface area contributed by atoms with Gasteiger partial charge in [-0.1, -0.05) is 0 Å². The molecule has 8 nitrogen and oxygen atoms in total. The molecule has 1 aromatic carbocycles. The first-order valence-corrected chi connectivity index (χ1v) is 7.80. The minimum absolute atomic E-state index is 0.0622. The molecule has 0 radical (unpaired) electrons. The molecular weight excluding hydrogens is 348 g/mol.